The van der Waals surface area contributed by atoms with E-state index >= 15 is 0 Å². The summed E-state index contributed by atoms with van der Waals surface area (Å²) in [7, 11) is -0.565. The molecule has 8 heteroatoms. The summed E-state index contributed by atoms with van der Waals surface area (Å²) in [5, 5.41) is 3.33. The van der Waals surface area contributed by atoms with Crippen LogP contribution < -0.4 is 10.1 Å². The first-order valence-corrected chi connectivity index (χ1v) is 9.38. The Morgan fingerprint density at radius 1 is 1.20 bits per heavy atom. The third kappa shape index (κ3) is 3.63. The minimum absolute atomic E-state index is 0.162. The van der Waals surface area contributed by atoms with E-state index in [1.807, 2.05) is 0 Å². The highest BCUT2D eigenvalue weighted by molar-refractivity contribution is 7.89. The normalized spacial score (nSPS) is 16.4. The van der Waals surface area contributed by atoms with Gasteiger partial charge in [-0.2, -0.15) is 0 Å². The zero-order valence-electron chi connectivity index (χ0n) is 13.7. The smallest absolute Gasteiger partial charge is 0.265 e. The van der Waals surface area contributed by atoms with Gasteiger partial charge in [-0.1, -0.05) is 11.6 Å². The summed E-state index contributed by atoms with van der Waals surface area (Å²) in [5.41, 5.74) is 1.39. The Morgan fingerprint density at radius 3 is 2.52 bits per heavy atom. The summed E-state index contributed by atoms with van der Waals surface area (Å²) in [6.07, 6.45) is -0.201. The van der Waals surface area contributed by atoms with Gasteiger partial charge < -0.3 is 10.1 Å². The summed E-state index contributed by atoms with van der Waals surface area (Å²) >= 11 is 5.95. The molecule has 1 N–H and O–H groups in total. The Bertz CT molecular complexity index is 911. The Morgan fingerprint density at radius 2 is 1.88 bits per heavy atom. The molecule has 1 heterocycles. The maximum absolute atomic E-state index is 12.4. The number of rotatable bonds is 4. The number of carbonyl (C=O) groups excluding carboxylic acids is 1. The molecule has 1 amide bonds. The lowest BCUT2D eigenvalue weighted by Crippen LogP contribution is -2.31. The zero-order valence-corrected chi connectivity index (χ0v) is 15.3. The molecule has 3 rings (SSSR count). The van der Waals surface area contributed by atoms with Gasteiger partial charge in [0, 0.05) is 31.2 Å². The number of benzene rings is 2. The van der Waals surface area contributed by atoms with Crippen LogP contribution in [0.15, 0.2) is 47.4 Å². The molecule has 6 nitrogen and oxygen atoms in total. The third-order valence-corrected chi connectivity index (χ3v) is 5.95. The van der Waals surface area contributed by atoms with Gasteiger partial charge in [-0.15, -0.1) is 0 Å². The number of halogens is 1. The van der Waals surface area contributed by atoms with Crippen LogP contribution in [0, 0.1) is 0 Å². The van der Waals surface area contributed by atoms with Gasteiger partial charge in [0.25, 0.3) is 5.91 Å². The fraction of sp³-hybridized carbons (Fsp3) is 0.235. The van der Waals surface area contributed by atoms with E-state index in [4.69, 9.17) is 16.3 Å². The van der Waals surface area contributed by atoms with Gasteiger partial charge in [-0.25, -0.2) is 12.7 Å². The van der Waals surface area contributed by atoms with E-state index in [2.05, 4.69) is 5.32 Å². The van der Waals surface area contributed by atoms with Crippen LogP contribution in [0.4, 0.5) is 5.69 Å². The van der Waals surface area contributed by atoms with E-state index in [0.29, 0.717) is 22.9 Å². The van der Waals surface area contributed by atoms with E-state index in [1.54, 1.807) is 30.3 Å². The molecule has 2 aromatic rings. The number of anilines is 1. The van der Waals surface area contributed by atoms with Crippen LogP contribution in [0.2, 0.25) is 5.02 Å². The molecule has 0 saturated heterocycles. The van der Waals surface area contributed by atoms with Gasteiger partial charge in [0.2, 0.25) is 10.0 Å². The number of hydrogen-bond donors (Lipinski definition) is 1. The van der Waals surface area contributed by atoms with Crippen molar-refractivity contribution in [2.24, 2.45) is 0 Å². The van der Waals surface area contributed by atoms with Crippen LogP contribution in [0.5, 0.6) is 5.75 Å². The number of carbonyl (C=O) groups is 1. The summed E-state index contributed by atoms with van der Waals surface area (Å²) < 4.78 is 30.8. The van der Waals surface area contributed by atoms with Crippen LogP contribution in [0.3, 0.4) is 0 Å². The van der Waals surface area contributed by atoms with E-state index in [1.165, 1.54) is 26.2 Å². The summed E-state index contributed by atoms with van der Waals surface area (Å²) in [5.74, 6) is 0.354. The molecule has 1 aliphatic heterocycles. The highest BCUT2D eigenvalue weighted by Crippen LogP contribution is 2.31. The number of nitrogens with one attached hydrogen (secondary N) is 1. The largest absolute Gasteiger partial charge is 0.480 e. The molecule has 2 aromatic carbocycles. The monoisotopic (exact) mass is 380 g/mol. The van der Waals surface area contributed by atoms with E-state index in [-0.39, 0.29) is 10.8 Å². The van der Waals surface area contributed by atoms with Crippen molar-refractivity contribution in [1.29, 1.82) is 0 Å². The number of sulfonamides is 1. The van der Waals surface area contributed by atoms with Crippen molar-refractivity contribution in [1.82, 2.24) is 4.31 Å². The fourth-order valence-electron chi connectivity index (χ4n) is 2.51. The maximum Gasteiger partial charge on any atom is 0.265 e. The molecular formula is C17H17ClN2O4S. The Hall–Kier alpha value is -2.09. The van der Waals surface area contributed by atoms with Crippen molar-refractivity contribution in [2.75, 3.05) is 19.4 Å². The van der Waals surface area contributed by atoms with Gasteiger partial charge >= 0.3 is 0 Å². The highest BCUT2D eigenvalue weighted by atomic mass is 35.5. The number of hydrogen-bond acceptors (Lipinski definition) is 4. The van der Waals surface area contributed by atoms with Crippen molar-refractivity contribution in [3.8, 4) is 5.75 Å². The minimum Gasteiger partial charge on any atom is -0.480 e. The second-order valence-electron chi connectivity index (χ2n) is 5.86. The highest BCUT2D eigenvalue weighted by Gasteiger charge is 2.29. The van der Waals surface area contributed by atoms with Gasteiger partial charge in [0.05, 0.1) is 4.90 Å². The van der Waals surface area contributed by atoms with Crippen LogP contribution >= 0.6 is 11.6 Å². The second-order valence-corrected chi connectivity index (χ2v) is 8.45. The van der Waals surface area contributed by atoms with Crippen molar-refractivity contribution >= 4 is 33.2 Å². The summed E-state index contributed by atoms with van der Waals surface area (Å²) in [6, 6.07) is 11.2. The van der Waals surface area contributed by atoms with Gasteiger partial charge in [0.1, 0.15) is 5.75 Å². The van der Waals surface area contributed by atoms with Crippen molar-refractivity contribution in [3.05, 3.63) is 53.1 Å². The quantitative estimate of drug-likeness (QED) is 0.884. The van der Waals surface area contributed by atoms with Gasteiger partial charge in [-0.3, -0.25) is 4.79 Å². The molecular weight excluding hydrogens is 364 g/mol. The average Bonchev–Trinajstić information content (AvgIpc) is 2.98. The average molecular weight is 381 g/mol. The molecule has 132 valence electrons. The van der Waals surface area contributed by atoms with Crippen LogP contribution in [-0.2, 0) is 21.2 Å². The minimum atomic E-state index is -3.49. The Balaban J connectivity index is 1.68. The van der Waals surface area contributed by atoms with E-state index in [0.717, 1.165) is 9.87 Å². The Labute approximate surface area is 151 Å². The molecule has 25 heavy (non-hydrogen) atoms. The third-order valence-electron chi connectivity index (χ3n) is 3.89. The molecule has 0 aromatic heterocycles. The van der Waals surface area contributed by atoms with E-state index < -0.39 is 16.1 Å². The SMILES string of the molecule is CN(C)S(=O)(=O)c1ccc(NC(=O)[C@@H]2Cc3cc(Cl)ccc3O2)cc1. The Kier molecular flexibility index (Phi) is 4.73. The number of ether oxygens (including phenoxy) is 1. The second kappa shape index (κ2) is 6.67. The molecule has 0 unspecified atom stereocenters. The number of nitrogens with zero attached hydrogens (tertiary/aromatic N) is 1. The van der Waals surface area contributed by atoms with Crippen LogP contribution in [-0.4, -0.2) is 38.8 Å². The van der Waals surface area contributed by atoms with Gasteiger partial charge in [0.15, 0.2) is 6.10 Å². The van der Waals surface area contributed by atoms with Crippen molar-refractivity contribution in [3.63, 3.8) is 0 Å². The first kappa shape index (κ1) is 17.7. The molecule has 1 atom stereocenters. The lowest BCUT2D eigenvalue weighted by Gasteiger charge is -2.13. The first-order chi connectivity index (χ1) is 11.8. The first-order valence-electron chi connectivity index (χ1n) is 7.56. The van der Waals surface area contributed by atoms with Crippen LogP contribution in [0.25, 0.3) is 0 Å². The van der Waals surface area contributed by atoms with Crippen molar-refractivity contribution < 1.29 is 17.9 Å². The molecule has 0 saturated carbocycles. The predicted octanol–water partition coefficient (Wildman–Crippen LogP) is 2.53. The maximum atomic E-state index is 12.4. The topological polar surface area (TPSA) is 75.7 Å². The lowest BCUT2D eigenvalue weighted by molar-refractivity contribution is -0.122. The standard InChI is InChI=1S/C17H17ClN2O4S/c1-20(2)25(22,23)14-6-4-13(5-7-14)19-17(21)16-10-11-9-12(18)3-8-15(11)24-16/h3-9,16H,10H2,1-2H3,(H,19,21)/t16-/m0/s1. The summed E-state index contributed by atoms with van der Waals surface area (Å²) in [6.45, 7) is 0. The molecule has 0 spiro atoms. The number of fused-ring (bicyclic) bond motifs is 1. The fourth-order valence-corrected chi connectivity index (χ4v) is 3.60. The number of amides is 1. The molecule has 1 aliphatic rings. The summed E-state index contributed by atoms with van der Waals surface area (Å²) in [4.78, 5) is 12.5. The molecule has 0 fully saturated rings. The predicted molar refractivity (Wildman–Crippen MR) is 95.5 cm³/mol. The van der Waals surface area contributed by atoms with E-state index in [9.17, 15) is 13.2 Å². The van der Waals surface area contributed by atoms with Crippen molar-refractivity contribution in [2.45, 2.75) is 17.4 Å². The lowest BCUT2D eigenvalue weighted by atomic mass is 10.1. The molecule has 0 aliphatic carbocycles. The van der Waals surface area contributed by atoms with Gasteiger partial charge in [-0.05, 0) is 48.0 Å². The van der Waals surface area contributed by atoms with Crippen LogP contribution in [0.1, 0.15) is 5.56 Å². The molecule has 0 bridgehead atoms. The zero-order chi connectivity index (χ0) is 18.2. The molecule has 0 radical (unpaired) electrons.